The molecule has 0 radical (unpaired) electrons. The van der Waals surface area contributed by atoms with Crippen LogP contribution in [0.2, 0.25) is 5.02 Å². The highest BCUT2D eigenvalue weighted by Crippen LogP contribution is 2.37. The highest BCUT2D eigenvalue weighted by Gasteiger charge is 2.48. The first kappa shape index (κ1) is 20.7. The van der Waals surface area contributed by atoms with Crippen LogP contribution in [0.3, 0.4) is 0 Å². The van der Waals surface area contributed by atoms with Crippen LogP contribution < -0.4 is 5.32 Å². The van der Waals surface area contributed by atoms with Gasteiger partial charge in [0.25, 0.3) is 11.6 Å². The maximum Gasteiger partial charge on any atom is 0.326 e. The van der Waals surface area contributed by atoms with Gasteiger partial charge in [0, 0.05) is 12.1 Å². The van der Waals surface area contributed by atoms with Crippen LogP contribution in [0.5, 0.6) is 0 Å². The van der Waals surface area contributed by atoms with Gasteiger partial charge in [0.15, 0.2) is 6.61 Å². The molecule has 11 heteroatoms. The van der Waals surface area contributed by atoms with Crippen LogP contribution >= 0.6 is 11.6 Å². The molecule has 3 rings (SSSR count). The van der Waals surface area contributed by atoms with Gasteiger partial charge in [-0.3, -0.25) is 34.2 Å². The maximum atomic E-state index is 12.3. The number of hydrogen-bond acceptors (Lipinski definition) is 7. The van der Waals surface area contributed by atoms with E-state index >= 15 is 0 Å². The van der Waals surface area contributed by atoms with Crippen molar-refractivity contribution in [1.29, 1.82) is 0 Å². The number of halogens is 1. The topological polar surface area (TPSA) is 136 Å². The van der Waals surface area contributed by atoms with Gasteiger partial charge in [-0.2, -0.15) is 0 Å². The minimum Gasteiger partial charge on any atom is -0.454 e. The zero-order valence-corrected chi connectivity index (χ0v) is 16.0. The second-order valence-corrected chi connectivity index (χ2v) is 7.30. The SMILES string of the molecule is O=C(COC(=O)CN1C(=O)[C@H]2CCCC[C@H]2C1=O)Nc1cc([N+](=O)[O-])ccc1Cl. The van der Waals surface area contributed by atoms with Gasteiger partial charge in [-0.15, -0.1) is 0 Å². The van der Waals surface area contributed by atoms with Crippen LogP contribution in [-0.2, 0) is 23.9 Å². The molecule has 0 unspecified atom stereocenters. The van der Waals surface area contributed by atoms with Crippen molar-refractivity contribution in [3.8, 4) is 0 Å². The number of hydrogen-bond donors (Lipinski definition) is 1. The molecule has 1 N–H and O–H groups in total. The molecule has 3 amide bonds. The second kappa shape index (κ2) is 8.56. The third-order valence-electron chi connectivity index (χ3n) is 5.02. The summed E-state index contributed by atoms with van der Waals surface area (Å²) in [6, 6.07) is 3.51. The van der Waals surface area contributed by atoms with E-state index in [2.05, 4.69) is 5.32 Å². The summed E-state index contributed by atoms with van der Waals surface area (Å²) in [6.45, 7) is -1.24. The van der Waals surface area contributed by atoms with E-state index in [4.69, 9.17) is 16.3 Å². The zero-order chi connectivity index (χ0) is 21.1. The van der Waals surface area contributed by atoms with Gasteiger partial charge in [0.2, 0.25) is 11.8 Å². The predicted octanol–water partition coefficient (Wildman–Crippen LogP) is 1.91. The van der Waals surface area contributed by atoms with Crippen molar-refractivity contribution in [2.45, 2.75) is 25.7 Å². The highest BCUT2D eigenvalue weighted by atomic mass is 35.5. The van der Waals surface area contributed by atoms with Gasteiger partial charge in [-0.05, 0) is 18.9 Å². The summed E-state index contributed by atoms with van der Waals surface area (Å²) in [5.41, 5.74) is -0.273. The highest BCUT2D eigenvalue weighted by molar-refractivity contribution is 6.33. The van der Waals surface area contributed by atoms with Crippen LogP contribution in [0.25, 0.3) is 0 Å². The molecular formula is C18H18ClN3O7. The average Bonchev–Trinajstić information content (AvgIpc) is 2.93. The number of non-ortho nitro benzene ring substituents is 1. The quantitative estimate of drug-likeness (QED) is 0.319. The number of likely N-dealkylation sites (tertiary alicyclic amines) is 1. The Morgan fingerprint density at radius 3 is 2.41 bits per heavy atom. The Morgan fingerprint density at radius 1 is 1.21 bits per heavy atom. The van der Waals surface area contributed by atoms with Gasteiger partial charge >= 0.3 is 5.97 Å². The largest absolute Gasteiger partial charge is 0.454 e. The van der Waals surface area contributed by atoms with Gasteiger partial charge in [-0.25, -0.2) is 0 Å². The van der Waals surface area contributed by atoms with Gasteiger partial charge in [0.1, 0.15) is 6.54 Å². The van der Waals surface area contributed by atoms with Crippen molar-refractivity contribution in [2.75, 3.05) is 18.5 Å². The molecule has 10 nitrogen and oxygen atoms in total. The Morgan fingerprint density at radius 2 is 1.83 bits per heavy atom. The number of nitrogens with zero attached hydrogens (tertiary/aromatic N) is 2. The molecule has 2 aliphatic rings. The predicted molar refractivity (Wildman–Crippen MR) is 99.9 cm³/mol. The third kappa shape index (κ3) is 4.53. The summed E-state index contributed by atoms with van der Waals surface area (Å²) < 4.78 is 4.83. The fraction of sp³-hybridized carbons (Fsp3) is 0.444. The van der Waals surface area contributed by atoms with Crippen LogP contribution in [0.1, 0.15) is 25.7 Å². The Kier molecular flexibility index (Phi) is 6.12. The van der Waals surface area contributed by atoms with Crippen molar-refractivity contribution in [1.82, 2.24) is 4.90 Å². The van der Waals surface area contributed by atoms with E-state index in [0.29, 0.717) is 12.8 Å². The fourth-order valence-corrected chi connectivity index (χ4v) is 3.78. The number of benzene rings is 1. The molecule has 1 aliphatic heterocycles. The van der Waals surface area contributed by atoms with E-state index in [9.17, 15) is 29.3 Å². The zero-order valence-electron chi connectivity index (χ0n) is 15.3. The number of fused-ring (bicyclic) bond motifs is 1. The molecule has 29 heavy (non-hydrogen) atoms. The summed E-state index contributed by atoms with van der Waals surface area (Å²) in [6.07, 6.45) is 3.01. The number of carbonyl (C=O) groups excluding carboxylic acids is 4. The lowest BCUT2D eigenvalue weighted by Crippen LogP contribution is -2.37. The van der Waals surface area contributed by atoms with Crippen molar-refractivity contribution in [3.05, 3.63) is 33.3 Å². The normalized spacial score (nSPS) is 20.9. The number of rotatable bonds is 6. The Labute approximate surface area is 170 Å². The van der Waals surface area contributed by atoms with Crippen LogP contribution in [0.15, 0.2) is 18.2 Å². The van der Waals surface area contributed by atoms with Gasteiger partial charge < -0.3 is 10.1 Å². The molecule has 2 fully saturated rings. The number of imide groups is 1. The van der Waals surface area contributed by atoms with Gasteiger partial charge in [-0.1, -0.05) is 24.4 Å². The molecule has 1 aromatic carbocycles. The number of anilines is 1. The van der Waals surface area contributed by atoms with Crippen LogP contribution in [0, 0.1) is 22.0 Å². The summed E-state index contributed by atoms with van der Waals surface area (Å²) >= 11 is 5.89. The Hall–Kier alpha value is -3.01. The number of esters is 1. The number of ether oxygens (including phenoxy) is 1. The molecular weight excluding hydrogens is 406 g/mol. The summed E-state index contributed by atoms with van der Waals surface area (Å²) in [5, 5.41) is 13.2. The average molecular weight is 424 g/mol. The Balaban J connectivity index is 1.52. The first-order valence-electron chi connectivity index (χ1n) is 9.02. The van der Waals surface area contributed by atoms with Crippen molar-refractivity contribution < 1.29 is 28.8 Å². The molecule has 2 atom stereocenters. The van der Waals surface area contributed by atoms with E-state index in [0.717, 1.165) is 23.8 Å². The van der Waals surface area contributed by atoms with Gasteiger partial charge in [0.05, 0.1) is 27.5 Å². The lowest BCUT2D eigenvalue weighted by molar-refractivity contribution is -0.384. The molecule has 1 heterocycles. The first-order chi connectivity index (χ1) is 13.8. The number of nitrogens with one attached hydrogen (secondary N) is 1. The molecule has 0 aromatic heterocycles. The van der Waals surface area contributed by atoms with E-state index in [1.807, 2.05) is 0 Å². The third-order valence-corrected chi connectivity index (χ3v) is 5.35. The van der Waals surface area contributed by atoms with Crippen molar-refractivity contribution in [3.63, 3.8) is 0 Å². The molecule has 0 bridgehead atoms. The molecule has 1 saturated heterocycles. The Bertz CT molecular complexity index is 864. The standard InChI is InChI=1S/C18H18ClN3O7/c19-13-6-5-10(22(27)28)7-14(13)20-15(23)9-29-16(24)8-21-17(25)11-3-1-2-4-12(11)18(21)26/h5-7,11-12H,1-4,8-9H2,(H,20,23)/t11-,12+. The number of nitro benzene ring substituents is 1. The molecule has 1 aliphatic carbocycles. The molecule has 1 saturated carbocycles. The lowest BCUT2D eigenvalue weighted by atomic mass is 9.81. The summed E-state index contributed by atoms with van der Waals surface area (Å²) in [5.74, 6) is -3.15. The van der Waals surface area contributed by atoms with E-state index < -0.39 is 30.0 Å². The van der Waals surface area contributed by atoms with E-state index in [1.165, 1.54) is 12.1 Å². The van der Waals surface area contributed by atoms with E-state index in [1.54, 1.807) is 0 Å². The number of amides is 3. The number of nitro groups is 1. The smallest absolute Gasteiger partial charge is 0.326 e. The second-order valence-electron chi connectivity index (χ2n) is 6.89. The minimum atomic E-state index is -0.898. The van der Waals surface area contributed by atoms with Crippen molar-refractivity contribution in [2.24, 2.45) is 11.8 Å². The lowest BCUT2D eigenvalue weighted by Gasteiger charge is -2.19. The first-order valence-corrected chi connectivity index (χ1v) is 9.40. The molecule has 0 spiro atoms. The fourth-order valence-electron chi connectivity index (χ4n) is 3.62. The summed E-state index contributed by atoms with van der Waals surface area (Å²) in [7, 11) is 0. The monoisotopic (exact) mass is 423 g/mol. The molecule has 154 valence electrons. The number of carbonyl (C=O) groups is 4. The maximum absolute atomic E-state index is 12.3. The van der Waals surface area contributed by atoms with Crippen LogP contribution in [0.4, 0.5) is 11.4 Å². The van der Waals surface area contributed by atoms with E-state index in [-0.39, 0.29) is 40.0 Å². The summed E-state index contributed by atoms with van der Waals surface area (Å²) in [4.78, 5) is 59.7. The minimum absolute atomic E-state index is 0.00381. The van der Waals surface area contributed by atoms with Crippen molar-refractivity contribution >= 4 is 46.7 Å². The molecule has 1 aromatic rings. The van der Waals surface area contributed by atoms with Crippen LogP contribution in [-0.4, -0.2) is 46.7 Å².